The molecule has 1 amide bonds. The van der Waals surface area contributed by atoms with Crippen molar-refractivity contribution >= 4 is 21.6 Å². The third kappa shape index (κ3) is 3.01. The van der Waals surface area contributed by atoms with Gasteiger partial charge in [-0.15, -0.1) is 0 Å². The number of rotatable bonds is 3. The molecule has 0 radical (unpaired) electrons. The minimum atomic E-state index is -3.89. The number of anilines is 1. The van der Waals surface area contributed by atoms with E-state index in [0.717, 1.165) is 0 Å². The lowest BCUT2D eigenvalue weighted by Gasteiger charge is -2.08. The van der Waals surface area contributed by atoms with Gasteiger partial charge < -0.3 is 9.73 Å². The van der Waals surface area contributed by atoms with Gasteiger partial charge in [0.25, 0.3) is 5.91 Å². The van der Waals surface area contributed by atoms with E-state index in [2.05, 4.69) is 5.32 Å². The molecule has 2 rings (SSSR count). The number of furan rings is 1. The maximum atomic E-state index is 11.9. The van der Waals surface area contributed by atoms with Crippen LogP contribution < -0.4 is 10.5 Å². The molecular weight excluding hydrogens is 268 g/mol. The Labute approximate surface area is 110 Å². The Balaban J connectivity index is 2.32. The van der Waals surface area contributed by atoms with Crippen molar-refractivity contribution < 1.29 is 17.6 Å². The summed E-state index contributed by atoms with van der Waals surface area (Å²) >= 11 is 0. The number of benzene rings is 1. The Bertz CT molecular complexity index is 719. The molecular formula is C12H12N2O4S. The molecule has 7 heteroatoms. The van der Waals surface area contributed by atoms with Gasteiger partial charge in [0.2, 0.25) is 10.0 Å². The van der Waals surface area contributed by atoms with Gasteiger partial charge in [-0.25, -0.2) is 13.6 Å². The van der Waals surface area contributed by atoms with E-state index in [1.165, 1.54) is 24.5 Å². The second kappa shape index (κ2) is 4.87. The summed E-state index contributed by atoms with van der Waals surface area (Å²) in [4.78, 5) is 11.8. The third-order valence-corrected chi connectivity index (χ3v) is 3.40. The molecule has 0 fully saturated rings. The van der Waals surface area contributed by atoms with Gasteiger partial charge in [0.1, 0.15) is 16.9 Å². The van der Waals surface area contributed by atoms with Gasteiger partial charge in [0.05, 0.1) is 11.3 Å². The zero-order valence-electron chi connectivity index (χ0n) is 10.1. The average molecular weight is 280 g/mol. The highest BCUT2D eigenvalue weighted by molar-refractivity contribution is 7.89. The first-order valence-electron chi connectivity index (χ1n) is 5.36. The van der Waals surface area contributed by atoms with Gasteiger partial charge in [0.15, 0.2) is 0 Å². The number of para-hydroxylation sites is 1. The molecule has 0 bridgehead atoms. The molecule has 100 valence electrons. The topological polar surface area (TPSA) is 102 Å². The second-order valence-electron chi connectivity index (χ2n) is 3.94. The van der Waals surface area contributed by atoms with Crippen LogP contribution in [-0.2, 0) is 10.0 Å². The molecule has 0 aliphatic heterocycles. The summed E-state index contributed by atoms with van der Waals surface area (Å²) in [5, 5.41) is 7.57. The van der Waals surface area contributed by atoms with Crippen molar-refractivity contribution in [3.63, 3.8) is 0 Å². The first kappa shape index (κ1) is 13.3. The van der Waals surface area contributed by atoms with Gasteiger partial charge in [-0.3, -0.25) is 4.79 Å². The van der Waals surface area contributed by atoms with E-state index in [-0.39, 0.29) is 10.6 Å². The van der Waals surface area contributed by atoms with Crippen molar-refractivity contribution in [3.8, 4) is 0 Å². The number of amides is 1. The van der Waals surface area contributed by atoms with Crippen LogP contribution in [0.25, 0.3) is 0 Å². The van der Waals surface area contributed by atoms with Gasteiger partial charge >= 0.3 is 0 Å². The van der Waals surface area contributed by atoms with E-state index in [9.17, 15) is 13.2 Å². The molecule has 0 atom stereocenters. The van der Waals surface area contributed by atoms with Crippen LogP contribution in [0.5, 0.6) is 0 Å². The van der Waals surface area contributed by atoms with Crippen LogP contribution in [0.3, 0.4) is 0 Å². The number of nitrogens with two attached hydrogens (primary N) is 1. The minimum Gasteiger partial charge on any atom is -0.469 e. The fourth-order valence-electron chi connectivity index (χ4n) is 1.58. The lowest BCUT2D eigenvalue weighted by Crippen LogP contribution is -2.18. The fourth-order valence-corrected chi connectivity index (χ4v) is 2.27. The van der Waals surface area contributed by atoms with Crippen LogP contribution in [0, 0.1) is 6.92 Å². The maximum Gasteiger partial charge on any atom is 0.258 e. The Kier molecular flexibility index (Phi) is 3.41. The molecule has 3 N–H and O–H groups in total. The summed E-state index contributed by atoms with van der Waals surface area (Å²) in [6.45, 7) is 1.70. The van der Waals surface area contributed by atoms with Crippen LogP contribution >= 0.6 is 0 Å². The highest BCUT2D eigenvalue weighted by Gasteiger charge is 2.16. The van der Waals surface area contributed by atoms with E-state index in [4.69, 9.17) is 9.56 Å². The lowest BCUT2D eigenvalue weighted by atomic mass is 10.2. The summed E-state index contributed by atoms with van der Waals surface area (Å²) < 4.78 is 27.8. The van der Waals surface area contributed by atoms with E-state index in [0.29, 0.717) is 11.3 Å². The molecule has 0 unspecified atom stereocenters. The molecule has 2 aromatic rings. The predicted molar refractivity (Wildman–Crippen MR) is 69.2 cm³/mol. The summed E-state index contributed by atoms with van der Waals surface area (Å²) in [6, 6.07) is 7.47. The van der Waals surface area contributed by atoms with E-state index >= 15 is 0 Å². The Morgan fingerprint density at radius 3 is 2.58 bits per heavy atom. The first-order chi connectivity index (χ1) is 8.88. The van der Waals surface area contributed by atoms with Crippen molar-refractivity contribution in [2.24, 2.45) is 5.14 Å². The molecule has 19 heavy (non-hydrogen) atoms. The number of hydrogen-bond acceptors (Lipinski definition) is 4. The third-order valence-electron chi connectivity index (χ3n) is 2.43. The zero-order valence-corrected chi connectivity index (χ0v) is 10.9. The number of hydrogen-bond donors (Lipinski definition) is 2. The van der Waals surface area contributed by atoms with E-state index in [1.54, 1.807) is 19.1 Å². The number of carbonyl (C=O) groups excluding carboxylic acids is 1. The van der Waals surface area contributed by atoms with Crippen molar-refractivity contribution in [2.45, 2.75) is 11.8 Å². The lowest BCUT2D eigenvalue weighted by molar-refractivity contribution is 0.102. The van der Waals surface area contributed by atoms with Crippen molar-refractivity contribution in [2.75, 3.05) is 5.32 Å². The quantitative estimate of drug-likeness (QED) is 0.889. The zero-order chi connectivity index (χ0) is 14.0. The molecule has 6 nitrogen and oxygen atoms in total. The van der Waals surface area contributed by atoms with E-state index < -0.39 is 15.9 Å². The highest BCUT2D eigenvalue weighted by atomic mass is 32.2. The largest absolute Gasteiger partial charge is 0.469 e. The van der Waals surface area contributed by atoms with Gasteiger partial charge in [-0.2, -0.15) is 0 Å². The number of carbonyl (C=O) groups is 1. The summed E-state index contributed by atoms with van der Waals surface area (Å²) in [5.74, 6) is 0.123. The standard InChI is InChI=1S/C12H12N2O4S/c1-8-6-9(7-18-8)12(15)14-10-4-2-3-5-11(10)19(13,16)17/h2-7H,1H3,(H,14,15)(H2,13,16,17). The Morgan fingerprint density at radius 2 is 2.00 bits per heavy atom. The number of sulfonamides is 1. The summed E-state index contributed by atoms with van der Waals surface area (Å²) in [5.41, 5.74) is 0.440. The number of aryl methyl sites for hydroxylation is 1. The monoisotopic (exact) mass is 280 g/mol. The molecule has 0 aliphatic rings. The molecule has 1 aromatic carbocycles. The second-order valence-corrected chi connectivity index (χ2v) is 5.47. The minimum absolute atomic E-state index is 0.133. The molecule has 0 saturated heterocycles. The highest BCUT2D eigenvalue weighted by Crippen LogP contribution is 2.20. The van der Waals surface area contributed by atoms with Gasteiger partial charge in [0, 0.05) is 0 Å². The van der Waals surface area contributed by atoms with Gasteiger partial charge in [-0.1, -0.05) is 12.1 Å². The molecule has 0 spiro atoms. The smallest absolute Gasteiger partial charge is 0.258 e. The van der Waals surface area contributed by atoms with Crippen molar-refractivity contribution in [1.82, 2.24) is 0 Å². The molecule has 1 heterocycles. The molecule has 1 aromatic heterocycles. The van der Waals surface area contributed by atoms with Crippen LogP contribution in [0.4, 0.5) is 5.69 Å². The summed E-state index contributed by atoms with van der Waals surface area (Å²) in [6.07, 6.45) is 1.30. The van der Waals surface area contributed by atoms with Crippen molar-refractivity contribution in [1.29, 1.82) is 0 Å². The van der Waals surface area contributed by atoms with Crippen LogP contribution in [0.1, 0.15) is 16.1 Å². The number of primary sulfonamides is 1. The predicted octanol–water partition coefficient (Wildman–Crippen LogP) is 1.49. The molecule has 0 saturated carbocycles. The Morgan fingerprint density at radius 1 is 1.32 bits per heavy atom. The first-order valence-corrected chi connectivity index (χ1v) is 6.91. The van der Waals surface area contributed by atoms with Crippen molar-refractivity contribution in [3.05, 3.63) is 47.9 Å². The van der Waals surface area contributed by atoms with Crippen LogP contribution in [0.15, 0.2) is 45.9 Å². The SMILES string of the molecule is Cc1cc(C(=O)Nc2ccccc2S(N)(=O)=O)co1. The van der Waals surface area contributed by atoms with E-state index in [1.807, 2.05) is 0 Å². The average Bonchev–Trinajstić information content (AvgIpc) is 2.75. The molecule has 0 aliphatic carbocycles. The fraction of sp³-hybridized carbons (Fsp3) is 0.0833. The number of nitrogens with one attached hydrogen (secondary N) is 1. The van der Waals surface area contributed by atoms with Gasteiger partial charge in [-0.05, 0) is 25.1 Å². The summed E-state index contributed by atoms with van der Waals surface area (Å²) in [7, 11) is -3.89. The van der Waals surface area contributed by atoms with Crippen LogP contribution in [0.2, 0.25) is 0 Å². The Hall–Kier alpha value is -2.12. The van der Waals surface area contributed by atoms with Crippen LogP contribution in [-0.4, -0.2) is 14.3 Å². The maximum absolute atomic E-state index is 11.9. The normalized spacial score (nSPS) is 11.3.